The summed E-state index contributed by atoms with van der Waals surface area (Å²) in [5, 5.41) is 0. The lowest BCUT2D eigenvalue weighted by molar-refractivity contribution is -0.137. The molecule has 0 fully saturated rings. The van der Waals surface area contributed by atoms with Crippen molar-refractivity contribution < 1.29 is 13.2 Å². The number of benzene rings is 2. The monoisotopic (exact) mass is 525 g/mol. The second-order valence-corrected chi connectivity index (χ2v) is 7.61. The third kappa shape index (κ3) is 4.53. The number of hydrogen-bond donors (Lipinski definition) is 1. The van der Waals surface area contributed by atoms with Gasteiger partial charge >= 0.3 is 6.18 Å². The summed E-state index contributed by atoms with van der Waals surface area (Å²) in [4.78, 5) is 11.7. The van der Waals surface area contributed by atoms with Gasteiger partial charge in [-0.2, -0.15) is 13.2 Å². The Hall–Kier alpha value is -2.19. The van der Waals surface area contributed by atoms with Crippen LogP contribution in [-0.4, -0.2) is 15.0 Å². The molecule has 2 aromatic carbocycles. The van der Waals surface area contributed by atoms with E-state index in [9.17, 15) is 13.2 Å². The first kappa shape index (κ1) is 21.5. The number of H-pyrrole nitrogens is 1. The highest BCUT2D eigenvalue weighted by Gasteiger charge is 2.34. The van der Waals surface area contributed by atoms with Gasteiger partial charge in [0.1, 0.15) is 11.3 Å². The molecule has 0 aliphatic rings. The largest absolute Gasteiger partial charge is 0.418 e. The van der Waals surface area contributed by atoms with Gasteiger partial charge in [0.15, 0.2) is 0 Å². The maximum Gasteiger partial charge on any atom is 0.418 e. The van der Waals surface area contributed by atoms with Crippen molar-refractivity contribution in [2.24, 2.45) is 0 Å². The van der Waals surface area contributed by atoms with E-state index in [1.54, 1.807) is 24.3 Å². The van der Waals surface area contributed by atoms with Crippen LogP contribution in [0.3, 0.4) is 0 Å². The van der Waals surface area contributed by atoms with Gasteiger partial charge in [-0.05, 0) is 40.2 Å². The number of fused-ring (bicyclic) bond motifs is 1. The molecule has 8 heteroatoms. The zero-order valence-corrected chi connectivity index (χ0v) is 18.7. The molecule has 0 unspecified atom stereocenters. The van der Waals surface area contributed by atoms with E-state index in [1.165, 1.54) is 12.3 Å². The van der Waals surface area contributed by atoms with E-state index < -0.39 is 11.7 Å². The zero-order chi connectivity index (χ0) is 21.2. The Labute approximate surface area is 182 Å². The van der Waals surface area contributed by atoms with E-state index in [1.807, 2.05) is 26.0 Å². The number of aromatic nitrogens is 3. The van der Waals surface area contributed by atoms with Gasteiger partial charge in [0.25, 0.3) is 0 Å². The molecule has 150 valence electrons. The fourth-order valence-electron chi connectivity index (χ4n) is 2.83. The van der Waals surface area contributed by atoms with Crippen LogP contribution < -0.4 is 0 Å². The van der Waals surface area contributed by atoms with Crippen molar-refractivity contribution in [1.29, 1.82) is 0 Å². The average Bonchev–Trinajstić information content (AvgIpc) is 3.13. The third-order valence-electron chi connectivity index (χ3n) is 4.05. The number of nitrogens with one attached hydrogen (secondary N) is 1. The lowest BCUT2D eigenvalue weighted by Gasteiger charge is -2.11. The van der Waals surface area contributed by atoms with Crippen LogP contribution in [0.1, 0.15) is 19.4 Å². The molecule has 0 aliphatic heterocycles. The molecule has 0 saturated heterocycles. The van der Waals surface area contributed by atoms with E-state index in [0.29, 0.717) is 11.4 Å². The summed E-state index contributed by atoms with van der Waals surface area (Å²) < 4.78 is 41.4. The Morgan fingerprint density at radius 2 is 1.59 bits per heavy atom. The molecule has 2 aromatic heterocycles. The molecule has 1 N–H and O–H groups in total. The first-order valence-electron chi connectivity index (χ1n) is 8.81. The van der Waals surface area contributed by atoms with Crippen LogP contribution in [0.15, 0.2) is 63.7 Å². The quantitative estimate of drug-likeness (QED) is 0.289. The van der Waals surface area contributed by atoms with Gasteiger partial charge < -0.3 is 4.98 Å². The lowest BCUT2D eigenvalue weighted by Crippen LogP contribution is -2.08. The molecule has 29 heavy (non-hydrogen) atoms. The van der Waals surface area contributed by atoms with E-state index in [4.69, 9.17) is 0 Å². The number of nitrogens with zero attached hydrogens (tertiary/aromatic N) is 2. The van der Waals surface area contributed by atoms with Crippen LogP contribution in [0, 0.1) is 0 Å². The second kappa shape index (κ2) is 8.67. The maximum atomic E-state index is 13.2. The number of halogens is 5. The van der Waals surface area contributed by atoms with Crippen molar-refractivity contribution in [3.05, 3.63) is 69.2 Å². The predicted octanol–water partition coefficient (Wildman–Crippen LogP) is 7.86. The molecular formula is C21H16Br2F3N3. The number of pyridine rings is 1. The smallest absolute Gasteiger partial charge is 0.338 e. The number of alkyl halides is 3. The van der Waals surface area contributed by atoms with Crippen molar-refractivity contribution >= 4 is 42.9 Å². The van der Waals surface area contributed by atoms with Gasteiger partial charge in [-0.3, -0.25) is 4.98 Å². The summed E-state index contributed by atoms with van der Waals surface area (Å²) in [5.74, 6) is 0.632. The van der Waals surface area contributed by atoms with Crippen molar-refractivity contribution in [3.8, 4) is 22.6 Å². The summed E-state index contributed by atoms with van der Waals surface area (Å²) in [5.41, 5.74) is 1.94. The number of imidazole rings is 1. The predicted molar refractivity (Wildman–Crippen MR) is 117 cm³/mol. The average molecular weight is 527 g/mol. The molecule has 0 saturated carbocycles. The minimum Gasteiger partial charge on any atom is -0.338 e. The maximum absolute atomic E-state index is 13.2. The van der Waals surface area contributed by atoms with E-state index in [0.717, 1.165) is 31.6 Å². The normalized spacial score (nSPS) is 11.3. The fraction of sp³-hybridized carbons (Fsp3) is 0.143. The molecule has 4 rings (SSSR count). The van der Waals surface area contributed by atoms with Crippen molar-refractivity contribution in [2.75, 3.05) is 0 Å². The van der Waals surface area contributed by atoms with Crippen LogP contribution in [0.2, 0.25) is 0 Å². The molecular weight excluding hydrogens is 511 g/mol. The Kier molecular flexibility index (Phi) is 6.43. The van der Waals surface area contributed by atoms with Gasteiger partial charge in [-0.25, -0.2) is 4.98 Å². The minimum atomic E-state index is -4.46. The Balaban J connectivity index is 0.00000117. The summed E-state index contributed by atoms with van der Waals surface area (Å²) in [7, 11) is 0. The highest BCUT2D eigenvalue weighted by molar-refractivity contribution is 9.11. The molecule has 0 bridgehead atoms. The topological polar surface area (TPSA) is 41.6 Å². The van der Waals surface area contributed by atoms with Crippen molar-refractivity contribution in [2.45, 2.75) is 20.0 Å². The van der Waals surface area contributed by atoms with E-state index >= 15 is 0 Å². The third-order valence-corrected chi connectivity index (χ3v) is 5.11. The van der Waals surface area contributed by atoms with E-state index in [-0.39, 0.29) is 5.69 Å². The summed E-state index contributed by atoms with van der Waals surface area (Å²) >= 11 is 6.91. The summed E-state index contributed by atoms with van der Waals surface area (Å²) in [6, 6.07) is 12.8. The summed E-state index contributed by atoms with van der Waals surface area (Å²) in [6.07, 6.45) is -3.10. The highest BCUT2D eigenvalue weighted by Crippen LogP contribution is 2.36. The molecule has 0 aliphatic carbocycles. The van der Waals surface area contributed by atoms with Gasteiger partial charge in [0.05, 0.1) is 16.8 Å². The molecule has 0 amide bonds. The van der Waals surface area contributed by atoms with Gasteiger partial charge in [-0.1, -0.05) is 54.0 Å². The number of rotatable bonds is 2. The Morgan fingerprint density at radius 1 is 0.931 bits per heavy atom. The lowest BCUT2D eigenvalue weighted by atomic mass is 10.0. The van der Waals surface area contributed by atoms with Gasteiger partial charge in [0.2, 0.25) is 0 Å². The first-order valence-corrected chi connectivity index (χ1v) is 10.4. The number of hydrogen-bond acceptors (Lipinski definition) is 2. The Bertz CT molecular complexity index is 1140. The first-order chi connectivity index (χ1) is 13.8. The summed E-state index contributed by atoms with van der Waals surface area (Å²) in [6.45, 7) is 4.00. The highest BCUT2D eigenvalue weighted by atomic mass is 79.9. The Morgan fingerprint density at radius 3 is 2.24 bits per heavy atom. The zero-order valence-electron chi connectivity index (χ0n) is 15.5. The van der Waals surface area contributed by atoms with Gasteiger partial charge in [0, 0.05) is 26.3 Å². The molecule has 0 atom stereocenters. The molecule has 0 spiro atoms. The van der Waals surface area contributed by atoms with Crippen LogP contribution in [0.4, 0.5) is 13.2 Å². The van der Waals surface area contributed by atoms with Crippen molar-refractivity contribution in [1.82, 2.24) is 15.0 Å². The molecule has 4 aromatic rings. The van der Waals surface area contributed by atoms with Crippen LogP contribution in [0.25, 0.3) is 33.7 Å². The molecule has 0 radical (unpaired) electrons. The van der Waals surface area contributed by atoms with Crippen molar-refractivity contribution in [3.63, 3.8) is 0 Å². The standard InChI is InChI=1S/C19H10Br2F3N3.C2H6/c20-12-8-14(21)17-15(9-12)26-18(27-17)11-5-3-10(4-6-11)16-13(19(22,23)24)2-1-7-25-16;1-2/h1-9H,(H,26,27);1-2H3. The minimum absolute atomic E-state index is 0.0900. The van der Waals surface area contributed by atoms with E-state index in [2.05, 4.69) is 46.8 Å². The molecule has 2 heterocycles. The number of aromatic amines is 1. The van der Waals surface area contributed by atoms with Crippen LogP contribution >= 0.6 is 31.9 Å². The van der Waals surface area contributed by atoms with Crippen LogP contribution in [-0.2, 0) is 6.18 Å². The van der Waals surface area contributed by atoms with Crippen LogP contribution in [0.5, 0.6) is 0 Å². The fourth-order valence-corrected chi connectivity index (χ4v) is 4.14. The van der Waals surface area contributed by atoms with Gasteiger partial charge in [-0.15, -0.1) is 0 Å². The SMILES string of the molecule is CC.FC(F)(F)c1cccnc1-c1ccc(-c2nc3c(Br)cc(Br)cc3[nH]2)cc1. The second-order valence-electron chi connectivity index (χ2n) is 5.84. The molecule has 3 nitrogen and oxygen atoms in total.